The number of ether oxygens (including phenoxy) is 1. The first kappa shape index (κ1) is 13.8. The van der Waals surface area contributed by atoms with Crippen LogP contribution in [0.5, 0.6) is 5.75 Å². The Morgan fingerprint density at radius 1 is 1.20 bits per heavy atom. The van der Waals surface area contributed by atoms with Crippen molar-refractivity contribution in [3.8, 4) is 11.8 Å². The highest BCUT2D eigenvalue weighted by molar-refractivity contribution is 5.97. The van der Waals surface area contributed by atoms with E-state index in [2.05, 4.69) is 6.07 Å². The smallest absolute Gasteiger partial charge is 0.164 e. The molecule has 0 saturated carbocycles. The molecule has 0 aliphatic heterocycles. The summed E-state index contributed by atoms with van der Waals surface area (Å²) in [5, 5.41) is 9.25. The molecule has 0 aliphatic carbocycles. The number of rotatable bonds is 5. The quantitative estimate of drug-likeness (QED) is 0.776. The standard InChI is InChI=1S/C17H15NO2/c1-20-16-9-5-8-14(10-16)17(19)11-15(12-18)13-6-3-2-4-7-13/h2-10,15H,11H2,1H3. The summed E-state index contributed by atoms with van der Waals surface area (Å²) in [6, 6.07) is 18.6. The molecular formula is C17H15NO2. The van der Waals surface area contributed by atoms with Crippen LogP contribution in [0.15, 0.2) is 54.6 Å². The summed E-state index contributed by atoms with van der Waals surface area (Å²) in [6.45, 7) is 0. The fraction of sp³-hybridized carbons (Fsp3) is 0.176. The van der Waals surface area contributed by atoms with E-state index in [1.54, 1.807) is 31.4 Å². The van der Waals surface area contributed by atoms with E-state index in [4.69, 9.17) is 4.74 Å². The van der Waals surface area contributed by atoms with E-state index >= 15 is 0 Å². The number of hydrogen-bond acceptors (Lipinski definition) is 3. The van der Waals surface area contributed by atoms with Gasteiger partial charge in [-0.05, 0) is 17.7 Å². The molecule has 3 nitrogen and oxygen atoms in total. The summed E-state index contributed by atoms with van der Waals surface area (Å²) in [4.78, 5) is 12.2. The van der Waals surface area contributed by atoms with Crippen molar-refractivity contribution >= 4 is 5.78 Å². The highest BCUT2D eigenvalue weighted by atomic mass is 16.5. The molecule has 0 aromatic heterocycles. The second kappa shape index (κ2) is 6.53. The van der Waals surface area contributed by atoms with Gasteiger partial charge in [0.2, 0.25) is 0 Å². The van der Waals surface area contributed by atoms with Gasteiger partial charge in [0.25, 0.3) is 0 Å². The van der Waals surface area contributed by atoms with Gasteiger partial charge in [0.1, 0.15) is 5.75 Å². The minimum Gasteiger partial charge on any atom is -0.497 e. The predicted octanol–water partition coefficient (Wildman–Crippen LogP) is 3.58. The van der Waals surface area contributed by atoms with Crippen LogP contribution in [0.25, 0.3) is 0 Å². The minimum atomic E-state index is -0.421. The lowest BCUT2D eigenvalue weighted by Crippen LogP contribution is -2.06. The van der Waals surface area contributed by atoms with Gasteiger partial charge in [0.15, 0.2) is 5.78 Å². The Hall–Kier alpha value is -2.60. The molecule has 3 heteroatoms. The predicted molar refractivity (Wildman–Crippen MR) is 76.7 cm³/mol. The molecule has 0 radical (unpaired) electrons. The lowest BCUT2D eigenvalue weighted by Gasteiger charge is -2.09. The number of ketones is 1. The summed E-state index contributed by atoms with van der Waals surface area (Å²) in [7, 11) is 1.56. The van der Waals surface area contributed by atoms with Crippen LogP contribution in [0.1, 0.15) is 28.3 Å². The van der Waals surface area contributed by atoms with Crippen LogP contribution in [-0.4, -0.2) is 12.9 Å². The molecule has 2 aromatic carbocycles. The monoisotopic (exact) mass is 265 g/mol. The maximum atomic E-state index is 12.2. The second-order valence-corrected chi connectivity index (χ2v) is 4.45. The molecule has 0 fully saturated rings. The summed E-state index contributed by atoms with van der Waals surface area (Å²) in [5.74, 6) is 0.165. The Kier molecular flexibility index (Phi) is 4.52. The molecule has 0 saturated heterocycles. The molecule has 0 amide bonds. The van der Waals surface area contributed by atoms with Gasteiger partial charge in [-0.25, -0.2) is 0 Å². The highest BCUT2D eigenvalue weighted by Gasteiger charge is 2.16. The maximum absolute atomic E-state index is 12.2. The molecule has 0 N–H and O–H groups in total. The molecule has 2 aromatic rings. The van der Waals surface area contributed by atoms with Gasteiger partial charge >= 0.3 is 0 Å². The molecule has 1 unspecified atom stereocenters. The normalized spacial score (nSPS) is 11.4. The molecule has 0 spiro atoms. The number of nitrogens with zero attached hydrogens (tertiary/aromatic N) is 1. The van der Waals surface area contributed by atoms with Crippen molar-refractivity contribution < 1.29 is 9.53 Å². The molecule has 0 bridgehead atoms. The van der Waals surface area contributed by atoms with Crippen molar-refractivity contribution in [2.45, 2.75) is 12.3 Å². The Labute approximate surface area is 118 Å². The van der Waals surface area contributed by atoms with E-state index in [1.165, 1.54) is 0 Å². The van der Waals surface area contributed by atoms with Crippen LogP contribution < -0.4 is 4.74 Å². The summed E-state index contributed by atoms with van der Waals surface area (Å²) in [5.41, 5.74) is 1.44. The van der Waals surface area contributed by atoms with Gasteiger partial charge in [-0.3, -0.25) is 4.79 Å². The average Bonchev–Trinajstić information content (AvgIpc) is 2.53. The van der Waals surface area contributed by atoms with E-state index in [1.807, 2.05) is 30.3 Å². The molecular weight excluding hydrogens is 250 g/mol. The Morgan fingerprint density at radius 3 is 2.60 bits per heavy atom. The molecule has 2 rings (SSSR count). The summed E-state index contributed by atoms with van der Waals surface area (Å²) >= 11 is 0. The zero-order chi connectivity index (χ0) is 14.4. The lowest BCUT2D eigenvalue weighted by atomic mass is 9.93. The lowest BCUT2D eigenvalue weighted by molar-refractivity contribution is 0.0978. The number of hydrogen-bond donors (Lipinski definition) is 0. The van der Waals surface area contributed by atoms with Crippen LogP contribution in [0.4, 0.5) is 0 Å². The number of nitriles is 1. The number of methoxy groups -OCH3 is 1. The average molecular weight is 265 g/mol. The molecule has 0 heterocycles. The zero-order valence-electron chi connectivity index (χ0n) is 11.2. The minimum absolute atomic E-state index is 0.0562. The third kappa shape index (κ3) is 3.24. The van der Waals surface area contributed by atoms with Gasteiger partial charge in [-0.15, -0.1) is 0 Å². The number of carbonyl (C=O) groups is 1. The van der Waals surface area contributed by atoms with E-state index in [9.17, 15) is 10.1 Å². The van der Waals surface area contributed by atoms with Crippen molar-refractivity contribution in [2.24, 2.45) is 0 Å². The third-order valence-corrected chi connectivity index (χ3v) is 3.14. The fourth-order valence-corrected chi connectivity index (χ4v) is 2.02. The van der Waals surface area contributed by atoms with Crippen molar-refractivity contribution in [1.29, 1.82) is 5.26 Å². The van der Waals surface area contributed by atoms with Crippen LogP contribution in [0, 0.1) is 11.3 Å². The van der Waals surface area contributed by atoms with Crippen molar-refractivity contribution in [2.75, 3.05) is 7.11 Å². The Balaban J connectivity index is 2.16. The third-order valence-electron chi connectivity index (χ3n) is 3.14. The second-order valence-electron chi connectivity index (χ2n) is 4.45. The van der Waals surface area contributed by atoms with Crippen molar-refractivity contribution in [1.82, 2.24) is 0 Å². The first-order chi connectivity index (χ1) is 9.74. The SMILES string of the molecule is COc1cccc(C(=O)CC(C#N)c2ccccc2)c1. The molecule has 1 atom stereocenters. The van der Waals surface area contributed by atoms with Crippen molar-refractivity contribution in [3.63, 3.8) is 0 Å². The Morgan fingerprint density at radius 2 is 1.95 bits per heavy atom. The topological polar surface area (TPSA) is 50.1 Å². The van der Waals surface area contributed by atoms with Gasteiger partial charge < -0.3 is 4.74 Å². The van der Waals surface area contributed by atoms with E-state index in [-0.39, 0.29) is 12.2 Å². The largest absolute Gasteiger partial charge is 0.497 e. The first-order valence-corrected chi connectivity index (χ1v) is 6.36. The van der Waals surface area contributed by atoms with Gasteiger partial charge in [0.05, 0.1) is 19.1 Å². The number of carbonyl (C=O) groups excluding carboxylic acids is 1. The summed E-state index contributed by atoms with van der Waals surface area (Å²) < 4.78 is 5.10. The number of benzene rings is 2. The van der Waals surface area contributed by atoms with E-state index in [0.717, 1.165) is 5.56 Å². The van der Waals surface area contributed by atoms with Crippen molar-refractivity contribution in [3.05, 3.63) is 65.7 Å². The molecule has 20 heavy (non-hydrogen) atoms. The van der Waals surface area contributed by atoms with E-state index in [0.29, 0.717) is 11.3 Å². The fourth-order valence-electron chi connectivity index (χ4n) is 2.02. The van der Waals surface area contributed by atoms with E-state index < -0.39 is 5.92 Å². The zero-order valence-corrected chi connectivity index (χ0v) is 11.2. The van der Waals surface area contributed by atoms with Gasteiger partial charge in [0, 0.05) is 12.0 Å². The van der Waals surface area contributed by atoms with Gasteiger partial charge in [-0.2, -0.15) is 5.26 Å². The summed E-state index contributed by atoms with van der Waals surface area (Å²) in [6.07, 6.45) is 0.174. The van der Waals surface area contributed by atoms with Crippen LogP contribution in [0.3, 0.4) is 0 Å². The highest BCUT2D eigenvalue weighted by Crippen LogP contribution is 2.22. The van der Waals surface area contributed by atoms with Gasteiger partial charge in [-0.1, -0.05) is 42.5 Å². The molecule has 100 valence electrons. The first-order valence-electron chi connectivity index (χ1n) is 6.36. The van der Waals surface area contributed by atoms with Crippen LogP contribution in [0.2, 0.25) is 0 Å². The number of Topliss-reactive ketones (excluding diaryl/α,β-unsaturated/α-hetero) is 1. The van der Waals surface area contributed by atoms with Crippen LogP contribution in [-0.2, 0) is 0 Å². The molecule has 0 aliphatic rings. The van der Waals surface area contributed by atoms with Crippen LogP contribution >= 0.6 is 0 Å². The maximum Gasteiger partial charge on any atom is 0.164 e. The Bertz CT molecular complexity index is 629.